The van der Waals surface area contributed by atoms with Crippen LogP contribution in [0, 0.1) is 6.92 Å². The van der Waals surface area contributed by atoms with Gasteiger partial charge in [-0.25, -0.2) is 8.42 Å². The van der Waals surface area contributed by atoms with Crippen LogP contribution >= 0.6 is 26.6 Å². The highest BCUT2D eigenvalue weighted by atomic mass is 79.9. The van der Waals surface area contributed by atoms with Crippen LogP contribution in [0.4, 0.5) is 0 Å². The third kappa shape index (κ3) is 3.46. The van der Waals surface area contributed by atoms with Gasteiger partial charge < -0.3 is 0 Å². The Hall–Kier alpha value is -0.920. The molecule has 0 saturated carbocycles. The van der Waals surface area contributed by atoms with Gasteiger partial charge in [-0.3, -0.25) is 4.57 Å². The Labute approximate surface area is 136 Å². The molecule has 21 heavy (non-hydrogen) atoms. The molecular weight excluding hydrogens is 378 g/mol. The molecule has 0 spiro atoms. The molecule has 2 rings (SSSR count). The van der Waals surface area contributed by atoms with E-state index in [2.05, 4.69) is 26.1 Å². The summed E-state index contributed by atoms with van der Waals surface area (Å²) < 4.78 is 25.8. The molecule has 0 fully saturated rings. The molecule has 0 radical (unpaired) electrons. The average molecular weight is 393 g/mol. The lowest BCUT2D eigenvalue weighted by Gasteiger charge is -2.24. The molecule has 0 amide bonds. The molecule has 0 aliphatic carbocycles. The Morgan fingerprint density at radius 3 is 2.29 bits per heavy atom. The van der Waals surface area contributed by atoms with E-state index in [-0.39, 0.29) is 5.16 Å². The highest BCUT2D eigenvalue weighted by Crippen LogP contribution is 2.31. The Balaban J connectivity index is 2.79. The topological polar surface area (TPSA) is 64.8 Å². The van der Waals surface area contributed by atoms with Gasteiger partial charge in [0.2, 0.25) is 0 Å². The fourth-order valence-electron chi connectivity index (χ4n) is 2.08. The normalized spacial score (nSPS) is 12.7. The van der Waals surface area contributed by atoms with Crippen molar-refractivity contribution in [3.63, 3.8) is 0 Å². The van der Waals surface area contributed by atoms with Crippen LogP contribution in [0.1, 0.15) is 26.3 Å². The van der Waals surface area contributed by atoms with Crippen molar-refractivity contribution in [3.05, 3.63) is 28.2 Å². The van der Waals surface area contributed by atoms with E-state index in [0.717, 1.165) is 15.6 Å². The van der Waals surface area contributed by atoms with Crippen molar-refractivity contribution in [1.29, 1.82) is 0 Å². The lowest BCUT2D eigenvalue weighted by Crippen LogP contribution is -2.25. The van der Waals surface area contributed by atoms with Crippen molar-refractivity contribution < 1.29 is 8.42 Å². The summed E-state index contributed by atoms with van der Waals surface area (Å²) in [5.41, 5.74) is 1.26. The summed E-state index contributed by atoms with van der Waals surface area (Å²) in [6, 6.07) is 5.74. The molecular formula is C13H15BrClN3O2S. The maximum atomic E-state index is 11.7. The number of nitrogens with zero attached hydrogens (tertiary/aromatic N) is 3. The van der Waals surface area contributed by atoms with Gasteiger partial charge in [-0.15, -0.1) is 10.2 Å². The molecule has 0 bridgehead atoms. The molecule has 5 nitrogen and oxygen atoms in total. The SMILES string of the molecule is Cc1cc(Br)cc(-c2nnc(S(=O)(=O)Cl)n2C(C)(C)C)c1. The Kier molecular flexibility index (Phi) is 4.21. The van der Waals surface area contributed by atoms with E-state index < -0.39 is 14.6 Å². The number of halogens is 2. The third-order valence-corrected chi connectivity index (χ3v) is 4.39. The van der Waals surface area contributed by atoms with Crippen molar-refractivity contribution in [2.24, 2.45) is 0 Å². The van der Waals surface area contributed by atoms with E-state index in [1.807, 2.05) is 45.9 Å². The quantitative estimate of drug-likeness (QED) is 0.731. The molecule has 0 unspecified atom stereocenters. The third-order valence-electron chi connectivity index (χ3n) is 2.82. The Morgan fingerprint density at radius 1 is 1.19 bits per heavy atom. The standard InChI is InChI=1S/C13H15BrClN3O2S/c1-8-5-9(7-10(14)6-8)11-16-17-12(21(15,19)20)18(11)13(2,3)4/h5-7H,1-4H3. The molecule has 0 saturated heterocycles. The molecule has 0 aliphatic heterocycles. The van der Waals surface area contributed by atoms with Crippen molar-refractivity contribution in [2.75, 3.05) is 0 Å². The second-order valence-corrected chi connectivity index (χ2v) is 9.14. The van der Waals surface area contributed by atoms with Crippen LogP contribution < -0.4 is 0 Å². The number of aromatic nitrogens is 3. The predicted octanol–water partition coefficient (Wildman–Crippen LogP) is 3.70. The van der Waals surface area contributed by atoms with Crippen LogP contribution in [0.5, 0.6) is 0 Å². The van der Waals surface area contributed by atoms with E-state index in [9.17, 15) is 8.42 Å². The summed E-state index contributed by atoms with van der Waals surface area (Å²) in [6.45, 7) is 7.56. The minimum Gasteiger partial charge on any atom is -0.291 e. The first-order valence-electron chi connectivity index (χ1n) is 6.18. The zero-order chi connectivity index (χ0) is 16.0. The van der Waals surface area contributed by atoms with Crippen LogP contribution in [0.3, 0.4) is 0 Å². The van der Waals surface area contributed by atoms with Crippen molar-refractivity contribution in [2.45, 2.75) is 38.4 Å². The molecule has 1 heterocycles. The number of rotatable bonds is 2. The molecule has 0 aliphatic rings. The van der Waals surface area contributed by atoms with Crippen LogP contribution in [0.25, 0.3) is 11.4 Å². The van der Waals surface area contributed by atoms with Gasteiger partial charge in [0, 0.05) is 26.3 Å². The predicted molar refractivity (Wildman–Crippen MR) is 85.9 cm³/mol. The first-order valence-corrected chi connectivity index (χ1v) is 9.28. The summed E-state index contributed by atoms with van der Waals surface area (Å²) in [7, 11) is 1.50. The molecule has 114 valence electrons. The second kappa shape index (κ2) is 5.37. The van der Waals surface area contributed by atoms with Gasteiger partial charge in [-0.1, -0.05) is 15.9 Å². The second-order valence-electron chi connectivity index (χ2n) is 5.77. The Bertz CT molecular complexity index is 774. The fourth-order valence-corrected chi connectivity index (χ4v) is 3.71. The van der Waals surface area contributed by atoms with Crippen LogP contribution in [-0.2, 0) is 14.6 Å². The van der Waals surface area contributed by atoms with Gasteiger partial charge in [0.1, 0.15) is 0 Å². The molecule has 1 aromatic carbocycles. The average Bonchev–Trinajstić information content (AvgIpc) is 2.70. The summed E-state index contributed by atoms with van der Waals surface area (Å²) in [5.74, 6) is 0.464. The van der Waals surface area contributed by atoms with E-state index in [1.54, 1.807) is 0 Å². The molecule has 1 aromatic heterocycles. The summed E-state index contributed by atoms with van der Waals surface area (Å²) in [5, 5.41) is 7.55. The van der Waals surface area contributed by atoms with Gasteiger partial charge in [0.05, 0.1) is 0 Å². The lowest BCUT2D eigenvalue weighted by atomic mass is 10.1. The zero-order valence-electron chi connectivity index (χ0n) is 12.1. The fraction of sp³-hybridized carbons (Fsp3) is 0.385. The highest BCUT2D eigenvalue weighted by molar-refractivity contribution is 9.10. The van der Waals surface area contributed by atoms with Crippen LogP contribution in [0.2, 0.25) is 0 Å². The highest BCUT2D eigenvalue weighted by Gasteiger charge is 2.30. The monoisotopic (exact) mass is 391 g/mol. The van der Waals surface area contributed by atoms with Gasteiger partial charge in [0.25, 0.3) is 14.2 Å². The number of hydrogen-bond acceptors (Lipinski definition) is 4. The van der Waals surface area contributed by atoms with E-state index in [0.29, 0.717) is 5.82 Å². The van der Waals surface area contributed by atoms with E-state index in [1.165, 1.54) is 4.57 Å². The minimum absolute atomic E-state index is 0.246. The summed E-state index contributed by atoms with van der Waals surface area (Å²) in [6.07, 6.45) is 0. The largest absolute Gasteiger partial charge is 0.296 e. The summed E-state index contributed by atoms with van der Waals surface area (Å²) >= 11 is 3.43. The maximum absolute atomic E-state index is 11.7. The first kappa shape index (κ1) is 16.5. The van der Waals surface area contributed by atoms with Gasteiger partial charge in [-0.05, 0) is 51.5 Å². The smallest absolute Gasteiger partial charge is 0.291 e. The first-order chi connectivity index (χ1) is 9.50. The van der Waals surface area contributed by atoms with Crippen LogP contribution in [0.15, 0.2) is 27.8 Å². The lowest BCUT2D eigenvalue weighted by molar-refractivity contribution is 0.367. The van der Waals surface area contributed by atoms with Crippen molar-refractivity contribution >= 4 is 35.7 Å². The van der Waals surface area contributed by atoms with Crippen molar-refractivity contribution in [1.82, 2.24) is 14.8 Å². The van der Waals surface area contributed by atoms with E-state index >= 15 is 0 Å². The molecule has 2 aromatic rings. The maximum Gasteiger partial charge on any atom is 0.296 e. The minimum atomic E-state index is -3.97. The number of benzene rings is 1. The zero-order valence-corrected chi connectivity index (χ0v) is 15.2. The number of hydrogen-bond donors (Lipinski definition) is 0. The van der Waals surface area contributed by atoms with Crippen LogP contribution in [-0.4, -0.2) is 23.2 Å². The van der Waals surface area contributed by atoms with E-state index in [4.69, 9.17) is 10.7 Å². The van der Waals surface area contributed by atoms with Gasteiger partial charge in [-0.2, -0.15) is 0 Å². The van der Waals surface area contributed by atoms with Gasteiger partial charge >= 0.3 is 0 Å². The number of aryl methyl sites for hydroxylation is 1. The molecule has 0 atom stereocenters. The Morgan fingerprint density at radius 2 is 1.81 bits per heavy atom. The summed E-state index contributed by atoms with van der Waals surface area (Å²) in [4.78, 5) is 0. The van der Waals surface area contributed by atoms with Crippen molar-refractivity contribution in [3.8, 4) is 11.4 Å². The molecule has 8 heteroatoms. The molecule has 0 N–H and O–H groups in total. The van der Waals surface area contributed by atoms with Gasteiger partial charge in [0.15, 0.2) is 5.82 Å².